The first kappa shape index (κ1) is 11.9. The third-order valence-electron chi connectivity index (χ3n) is 4.25. The van der Waals surface area contributed by atoms with E-state index in [0.717, 1.165) is 52.3 Å². The first-order chi connectivity index (χ1) is 8.36. The Balaban J connectivity index is 1.49. The van der Waals surface area contributed by atoms with Crippen molar-refractivity contribution in [1.82, 2.24) is 0 Å². The summed E-state index contributed by atoms with van der Waals surface area (Å²) in [5.74, 6) is -0.200. The van der Waals surface area contributed by atoms with Crippen molar-refractivity contribution < 1.29 is 19.1 Å². The Morgan fingerprint density at radius 1 is 1.06 bits per heavy atom. The molecule has 0 amide bonds. The van der Waals surface area contributed by atoms with Gasteiger partial charge >= 0.3 is 0 Å². The van der Waals surface area contributed by atoms with Gasteiger partial charge in [-0.3, -0.25) is 0 Å². The van der Waals surface area contributed by atoms with Gasteiger partial charge in [-0.05, 0) is 12.8 Å². The Kier molecular flexibility index (Phi) is 3.66. The van der Waals surface area contributed by atoms with E-state index in [0.29, 0.717) is 6.10 Å². The van der Waals surface area contributed by atoms with E-state index < -0.39 is 0 Å². The third kappa shape index (κ3) is 2.81. The molecule has 3 fully saturated rings. The molecule has 0 aromatic carbocycles. The van der Waals surface area contributed by atoms with Crippen molar-refractivity contribution in [1.29, 1.82) is 0 Å². The molecule has 0 bridgehead atoms. The van der Waals surface area contributed by atoms with Crippen LogP contribution in [0.15, 0.2) is 0 Å². The maximum atomic E-state index is 6.21. The Hall–Kier alpha value is -0.160. The molecule has 0 aromatic rings. The number of hydrogen-bond acceptors (Lipinski definition) is 3. The molecular formula is C13H24NO3+. The van der Waals surface area contributed by atoms with Gasteiger partial charge in [0.05, 0.1) is 19.8 Å². The SMILES string of the molecule is C1CCC2(CC1)OC[C@@H](C[NH+]1CCOCC1)O2. The molecule has 3 aliphatic rings. The maximum Gasteiger partial charge on any atom is 0.169 e. The van der Waals surface area contributed by atoms with Gasteiger partial charge in [0, 0.05) is 12.8 Å². The molecule has 1 spiro atoms. The van der Waals surface area contributed by atoms with Gasteiger partial charge in [0.2, 0.25) is 0 Å². The second-order valence-corrected chi connectivity index (χ2v) is 5.59. The fraction of sp³-hybridized carbons (Fsp3) is 1.00. The summed E-state index contributed by atoms with van der Waals surface area (Å²) in [4.78, 5) is 1.61. The number of morpholine rings is 1. The van der Waals surface area contributed by atoms with Crippen molar-refractivity contribution >= 4 is 0 Å². The minimum atomic E-state index is -0.200. The standard InChI is InChI=1S/C13H23NO3/c1-2-4-13(5-3-1)16-11-12(17-13)10-14-6-8-15-9-7-14/h12H,1-11H2/p+1/t12-/m1/s1. The highest BCUT2D eigenvalue weighted by atomic mass is 16.7. The van der Waals surface area contributed by atoms with E-state index in [1.807, 2.05) is 0 Å². The third-order valence-corrected chi connectivity index (χ3v) is 4.25. The van der Waals surface area contributed by atoms with E-state index >= 15 is 0 Å². The lowest BCUT2D eigenvalue weighted by Gasteiger charge is -2.32. The van der Waals surface area contributed by atoms with Crippen molar-refractivity contribution in [3.63, 3.8) is 0 Å². The monoisotopic (exact) mass is 242 g/mol. The van der Waals surface area contributed by atoms with Crippen LogP contribution in [0, 0.1) is 0 Å². The number of quaternary nitrogens is 1. The van der Waals surface area contributed by atoms with Gasteiger partial charge in [0.1, 0.15) is 25.7 Å². The van der Waals surface area contributed by atoms with Gasteiger partial charge in [-0.1, -0.05) is 6.42 Å². The predicted octanol–water partition coefficient (Wildman–Crippen LogP) is -0.0227. The van der Waals surface area contributed by atoms with Crippen LogP contribution in [0.2, 0.25) is 0 Å². The van der Waals surface area contributed by atoms with E-state index in [2.05, 4.69) is 0 Å². The van der Waals surface area contributed by atoms with Crippen molar-refractivity contribution in [3.05, 3.63) is 0 Å². The van der Waals surface area contributed by atoms with Gasteiger partial charge in [0.15, 0.2) is 5.79 Å². The molecule has 4 heteroatoms. The fourth-order valence-corrected chi connectivity index (χ4v) is 3.26. The zero-order valence-electron chi connectivity index (χ0n) is 10.6. The molecule has 1 N–H and O–H groups in total. The van der Waals surface area contributed by atoms with Crippen LogP contribution in [0.5, 0.6) is 0 Å². The van der Waals surface area contributed by atoms with Crippen molar-refractivity contribution in [2.45, 2.75) is 44.0 Å². The highest BCUT2D eigenvalue weighted by molar-refractivity contribution is 4.82. The average molecular weight is 242 g/mol. The molecule has 3 rings (SSSR count). The van der Waals surface area contributed by atoms with Gasteiger partial charge in [-0.2, -0.15) is 0 Å². The maximum absolute atomic E-state index is 6.21. The van der Waals surface area contributed by atoms with Crippen molar-refractivity contribution in [3.8, 4) is 0 Å². The summed E-state index contributed by atoms with van der Waals surface area (Å²) in [6.45, 7) is 5.91. The number of ether oxygens (including phenoxy) is 3. The lowest BCUT2D eigenvalue weighted by molar-refractivity contribution is -0.910. The summed E-state index contributed by atoms with van der Waals surface area (Å²) < 4.78 is 17.6. The lowest BCUT2D eigenvalue weighted by Crippen LogP contribution is -3.15. The zero-order chi connectivity index (χ0) is 11.6. The second kappa shape index (κ2) is 5.22. The number of rotatable bonds is 2. The quantitative estimate of drug-likeness (QED) is 0.738. The van der Waals surface area contributed by atoms with Crippen molar-refractivity contribution in [2.24, 2.45) is 0 Å². The Bertz CT molecular complexity index is 247. The van der Waals surface area contributed by atoms with Gasteiger partial charge < -0.3 is 19.1 Å². The molecule has 2 heterocycles. The number of hydrogen-bond donors (Lipinski definition) is 1. The second-order valence-electron chi connectivity index (χ2n) is 5.59. The van der Waals surface area contributed by atoms with E-state index in [-0.39, 0.29) is 5.79 Å². The van der Waals surface area contributed by atoms with Crippen LogP contribution in [0.3, 0.4) is 0 Å². The van der Waals surface area contributed by atoms with E-state index in [1.165, 1.54) is 19.3 Å². The van der Waals surface area contributed by atoms with Crippen LogP contribution in [0.4, 0.5) is 0 Å². The summed E-state index contributed by atoms with van der Waals surface area (Å²) in [6.07, 6.45) is 6.37. The van der Waals surface area contributed by atoms with Crippen LogP contribution >= 0.6 is 0 Å². The summed E-state index contributed by atoms with van der Waals surface area (Å²) in [5, 5.41) is 0. The molecule has 0 aromatic heterocycles. The van der Waals surface area contributed by atoms with Crippen LogP contribution in [0.1, 0.15) is 32.1 Å². The van der Waals surface area contributed by atoms with Crippen molar-refractivity contribution in [2.75, 3.05) is 39.5 Å². The smallest absolute Gasteiger partial charge is 0.169 e. The molecule has 1 atom stereocenters. The normalized spacial score (nSPS) is 34.2. The Morgan fingerprint density at radius 2 is 1.82 bits per heavy atom. The largest absolute Gasteiger partial charge is 0.370 e. The molecule has 2 aliphatic heterocycles. The van der Waals surface area contributed by atoms with Gasteiger partial charge in [-0.25, -0.2) is 0 Å². The first-order valence-corrected chi connectivity index (χ1v) is 7.09. The summed E-state index contributed by atoms with van der Waals surface area (Å²) >= 11 is 0. The van der Waals surface area contributed by atoms with Crippen LogP contribution < -0.4 is 4.90 Å². The Labute approximate surface area is 103 Å². The zero-order valence-corrected chi connectivity index (χ0v) is 10.6. The topological polar surface area (TPSA) is 32.1 Å². The Morgan fingerprint density at radius 3 is 2.59 bits per heavy atom. The highest BCUT2D eigenvalue weighted by Gasteiger charge is 2.43. The van der Waals surface area contributed by atoms with E-state index in [9.17, 15) is 0 Å². The minimum Gasteiger partial charge on any atom is -0.370 e. The van der Waals surface area contributed by atoms with E-state index in [4.69, 9.17) is 14.2 Å². The van der Waals surface area contributed by atoms with Gasteiger partial charge in [0.25, 0.3) is 0 Å². The predicted molar refractivity (Wildman–Crippen MR) is 63.0 cm³/mol. The molecule has 4 nitrogen and oxygen atoms in total. The molecule has 0 radical (unpaired) electrons. The summed E-state index contributed by atoms with van der Waals surface area (Å²) in [6, 6.07) is 0. The van der Waals surface area contributed by atoms with Gasteiger partial charge in [-0.15, -0.1) is 0 Å². The van der Waals surface area contributed by atoms with Crippen LogP contribution in [-0.2, 0) is 14.2 Å². The molecule has 2 saturated heterocycles. The first-order valence-electron chi connectivity index (χ1n) is 7.09. The lowest BCUT2D eigenvalue weighted by atomic mass is 9.94. The minimum absolute atomic E-state index is 0.200. The molecule has 1 aliphatic carbocycles. The molecule has 0 unspecified atom stereocenters. The summed E-state index contributed by atoms with van der Waals surface area (Å²) in [5.41, 5.74) is 0. The number of nitrogens with one attached hydrogen (secondary N) is 1. The molecular weight excluding hydrogens is 218 g/mol. The summed E-state index contributed by atoms with van der Waals surface area (Å²) in [7, 11) is 0. The van der Waals surface area contributed by atoms with Crippen LogP contribution in [0.25, 0.3) is 0 Å². The van der Waals surface area contributed by atoms with Crippen LogP contribution in [-0.4, -0.2) is 51.3 Å². The average Bonchev–Trinajstić information content (AvgIpc) is 2.74. The molecule has 17 heavy (non-hydrogen) atoms. The molecule has 98 valence electrons. The van der Waals surface area contributed by atoms with E-state index in [1.54, 1.807) is 4.90 Å². The molecule has 1 saturated carbocycles. The highest BCUT2D eigenvalue weighted by Crippen LogP contribution is 2.37. The fourth-order valence-electron chi connectivity index (χ4n) is 3.26.